The van der Waals surface area contributed by atoms with Crippen LogP contribution in [0.5, 0.6) is 0 Å². The second-order valence-electron chi connectivity index (χ2n) is 4.18. The van der Waals surface area contributed by atoms with E-state index < -0.39 is 11.9 Å². The summed E-state index contributed by atoms with van der Waals surface area (Å²) in [6.45, 7) is 2.17. The Labute approximate surface area is 106 Å². The molecule has 18 heavy (non-hydrogen) atoms. The first kappa shape index (κ1) is 16.2. The summed E-state index contributed by atoms with van der Waals surface area (Å²) in [6, 6.07) is -0.642. The van der Waals surface area contributed by atoms with Crippen molar-refractivity contribution in [3.05, 3.63) is 0 Å². The Morgan fingerprint density at radius 2 is 1.89 bits per heavy atom. The van der Waals surface area contributed by atoms with Crippen molar-refractivity contribution in [2.75, 3.05) is 6.54 Å². The van der Waals surface area contributed by atoms with Gasteiger partial charge in [0.15, 0.2) is 0 Å². The summed E-state index contributed by atoms with van der Waals surface area (Å²) in [4.78, 5) is 32.1. The predicted octanol–water partition coefficient (Wildman–Crippen LogP) is 0.195. The molecule has 0 saturated carbocycles. The summed E-state index contributed by atoms with van der Waals surface area (Å²) in [5, 5.41) is 13.6. The standard InChI is InChI=1S/C11H21N3O4/c1-8(7-9(12)15)14-11(18)13-6-4-2-3-5-10(16)17/h8H,2-7H2,1H3,(H2,12,15)(H,16,17)(H2,13,14,18). The molecule has 7 heteroatoms. The van der Waals surface area contributed by atoms with Crippen molar-refractivity contribution >= 4 is 17.9 Å². The number of unbranched alkanes of at least 4 members (excludes halogenated alkanes) is 2. The van der Waals surface area contributed by atoms with Gasteiger partial charge in [-0.1, -0.05) is 6.42 Å². The Kier molecular flexibility index (Phi) is 8.34. The summed E-state index contributed by atoms with van der Waals surface area (Å²) < 4.78 is 0. The molecule has 0 aliphatic carbocycles. The summed E-state index contributed by atoms with van der Waals surface area (Å²) in [7, 11) is 0. The van der Waals surface area contributed by atoms with Crippen molar-refractivity contribution in [2.45, 2.75) is 45.1 Å². The third-order valence-electron chi connectivity index (χ3n) is 2.24. The van der Waals surface area contributed by atoms with Gasteiger partial charge in [0.05, 0.1) is 0 Å². The first-order valence-electron chi connectivity index (χ1n) is 5.96. The molecule has 0 heterocycles. The number of nitrogens with two attached hydrogens (primary N) is 1. The van der Waals surface area contributed by atoms with Crippen LogP contribution in [-0.4, -0.2) is 35.6 Å². The minimum atomic E-state index is -0.805. The molecule has 0 spiro atoms. The second-order valence-corrected chi connectivity index (χ2v) is 4.18. The van der Waals surface area contributed by atoms with Crippen molar-refractivity contribution < 1.29 is 19.5 Å². The van der Waals surface area contributed by atoms with Gasteiger partial charge in [-0.25, -0.2) is 4.79 Å². The van der Waals surface area contributed by atoms with Crippen molar-refractivity contribution in [1.29, 1.82) is 0 Å². The van der Waals surface area contributed by atoms with Crippen LogP contribution in [0.25, 0.3) is 0 Å². The van der Waals surface area contributed by atoms with Crippen LogP contribution in [-0.2, 0) is 9.59 Å². The first-order chi connectivity index (χ1) is 8.41. The SMILES string of the molecule is CC(CC(N)=O)NC(=O)NCCCCCC(=O)O. The number of nitrogens with one attached hydrogen (secondary N) is 2. The highest BCUT2D eigenvalue weighted by Gasteiger charge is 2.08. The van der Waals surface area contributed by atoms with Gasteiger partial charge in [0.2, 0.25) is 5.91 Å². The van der Waals surface area contributed by atoms with E-state index in [1.165, 1.54) is 0 Å². The van der Waals surface area contributed by atoms with Crippen LogP contribution in [0, 0.1) is 0 Å². The molecule has 0 fully saturated rings. The van der Waals surface area contributed by atoms with E-state index in [0.29, 0.717) is 13.0 Å². The minimum absolute atomic E-state index is 0.103. The molecule has 0 rings (SSSR count). The van der Waals surface area contributed by atoms with Gasteiger partial charge in [0, 0.05) is 25.4 Å². The Bertz CT molecular complexity index is 294. The molecule has 1 unspecified atom stereocenters. The number of hydrogen-bond acceptors (Lipinski definition) is 3. The quantitative estimate of drug-likeness (QED) is 0.442. The molecule has 3 amide bonds. The number of hydrogen-bond donors (Lipinski definition) is 4. The lowest BCUT2D eigenvalue weighted by Crippen LogP contribution is -2.42. The molecular formula is C11H21N3O4. The molecule has 0 aromatic carbocycles. The number of carboxylic acids is 1. The van der Waals surface area contributed by atoms with Gasteiger partial charge < -0.3 is 21.5 Å². The minimum Gasteiger partial charge on any atom is -0.481 e. The molecule has 0 aliphatic heterocycles. The highest BCUT2D eigenvalue weighted by molar-refractivity contribution is 5.77. The molecule has 104 valence electrons. The van der Waals surface area contributed by atoms with Crippen LogP contribution < -0.4 is 16.4 Å². The zero-order valence-corrected chi connectivity index (χ0v) is 10.6. The number of rotatable bonds is 9. The van der Waals surface area contributed by atoms with Crippen molar-refractivity contribution in [1.82, 2.24) is 10.6 Å². The Hall–Kier alpha value is -1.79. The van der Waals surface area contributed by atoms with Gasteiger partial charge in [-0.15, -0.1) is 0 Å². The summed E-state index contributed by atoms with van der Waals surface area (Å²) in [5.41, 5.74) is 4.99. The topological polar surface area (TPSA) is 122 Å². The number of primary amides is 1. The smallest absolute Gasteiger partial charge is 0.315 e. The Balaban J connectivity index is 3.47. The second kappa shape index (κ2) is 9.26. The average molecular weight is 259 g/mol. The number of carbonyl (C=O) groups excluding carboxylic acids is 2. The van der Waals surface area contributed by atoms with Gasteiger partial charge in [-0.05, 0) is 19.8 Å². The van der Waals surface area contributed by atoms with E-state index in [-0.39, 0.29) is 24.9 Å². The fourth-order valence-electron chi connectivity index (χ4n) is 1.41. The number of carbonyl (C=O) groups is 3. The predicted molar refractivity (Wildman–Crippen MR) is 65.9 cm³/mol. The van der Waals surface area contributed by atoms with E-state index >= 15 is 0 Å². The monoisotopic (exact) mass is 259 g/mol. The largest absolute Gasteiger partial charge is 0.481 e. The number of amides is 3. The molecule has 0 aromatic rings. The van der Waals surface area contributed by atoms with Gasteiger partial charge in [-0.3, -0.25) is 9.59 Å². The number of carboxylic acid groups (broad SMARTS) is 1. The molecule has 0 saturated heterocycles. The Morgan fingerprint density at radius 3 is 2.44 bits per heavy atom. The van der Waals surface area contributed by atoms with Gasteiger partial charge in [-0.2, -0.15) is 0 Å². The van der Waals surface area contributed by atoms with Gasteiger partial charge in [0.25, 0.3) is 0 Å². The van der Waals surface area contributed by atoms with Crippen molar-refractivity contribution in [3.8, 4) is 0 Å². The van der Waals surface area contributed by atoms with Crippen LogP contribution in [0.2, 0.25) is 0 Å². The fraction of sp³-hybridized carbons (Fsp3) is 0.727. The van der Waals surface area contributed by atoms with Crippen LogP contribution >= 0.6 is 0 Å². The number of urea groups is 1. The zero-order valence-electron chi connectivity index (χ0n) is 10.6. The van der Waals surface area contributed by atoms with Crippen molar-refractivity contribution in [2.24, 2.45) is 5.73 Å². The van der Waals surface area contributed by atoms with Gasteiger partial charge >= 0.3 is 12.0 Å². The maximum atomic E-state index is 11.3. The first-order valence-corrected chi connectivity index (χ1v) is 5.96. The third kappa shape index (κ3) is 10.7. The van der Waals surface area contributed by atoms with E-state index in [0.717, 1.165) is 12.8 Å². The normalized spacial score (nSPS) is 11.6. The lowest BCUT2D eigenvalue weighted by Gasteiger charge is -2.12. The van der Waals surface area contributed by atoms with Crippen LogP contribution in [0.15, 0.2) is 0 Å². The highest BCUT2D eigenvalue weighted by atomic mass is 16.4. The van der Waals surface area contributed by atoms with Crippen LogP contribution in [0.3, 0.4) is 0 Å². The molecule has 1 atom stereocenters. The third-order valence-corrected chi connectivity index (χ3v) is 2.24. The highest BCUT2D eigenvalue weighted by Crippen LogP contribution is 1.98. The molecule has 5 N–H and O–H groups in total. The van der Waals surface area contributed by atoms with Crippen LogP contribution in [0.1, 0.15) is 39.0 Å². The molecule has 0 aliphatic rings. The summed E-state index contributed by atoms with van der Waals surface area (Å²) in [6.07, 6.45) is 2.35. The van der Waals surface area contributed by atoms with E-state index in [1.54, 1.807) is 6.92 Å². The molecule has 7 nitrogen and oxygen atoms in total. The molecule has 0 radical (unpaired) electrons. The maximum Gasteiger partial charge on any atom is 0.315 e. The fourth-order valence-corrected chi connectivity index (χ4v) is 1.41. The zero-order chi connectivity index (χ0) is 14.0. The number of aliphatic carboxylic acids is 1. The van der Waals surface area contributed by atoms with E-state index in [2.05, 4.69) is 10.6 Å². The Morgan fingerprint density at radius 1 is 1.22 bits per heavy atom. The van der Waals surface area contributed by atoms with Gasteiger partial charge in [0.1, 0.15) is 0 Å². The summed E-state index contributed by atoms with van der Waals surface area (Å²) >= 11 is 0. The van der Waals surface area contributed by atoms with E-state index in [9.17, 15) is 14.4 Å². The molecule has 0 bridgehead atoms. The van der Waals surface area contributed by atoms with E-state index in [1.807, 2.05) is 0 Å². The molecular weight excluding hydrogens is 238 g/mol. The average Bonchev–Trinajstić information content (AvgIpc) is 2.21. The summed E-state index contributed by atoms with van der Waals surface area (Å²) in [5.74, 6) is -1.27. The van der Waals surface area contributed by atoms with E-state index in [4.69, 9.17) is 10.8 Å². The lowest BCUT2D eigenvalue weighted by molar-refractivity contribution is -0.137. The molecule has 0 aromatic heterocycles. The lowest BCUT2D eigenvalue weighted by atomic mass is 10.2. The van der Waals surface area contributed by atoms with Crippen molar-refractivity contribution in [3.63, 3.8) is 0 Å². The van der Waals surface area contributed by atoms with Crippen LogP contribution in [0.4, 0.5) is 4.79 Å². The maximum absolute atomic E-state index is 11.3.